The van der Waals surface area contributed by atoms with Gasteiger partial charge in [-0.25, -0.2) is 13.2 Å². The standard InChI is InChI=1S/C7H5BrF3N/c8-4-1-3(7(10)11)2-5(9)6(4)12/h1-2,7H,12H2. The monoisotopic (exact) mass is 239 g/mol. The normalized spacial score (nSPS) is 10.8. The average Bonchev–Trinajstić information content (AvgIpc) is 1.99. The number of hydrogen-bond donors (Lipinski definition) is 1. The van der Waals surface area contributed by atoms with Gasteiger partial charge in [-0.05, 0) is 28.1 Å². The van der Waals surface area contributed by atoms with Crippen LogP contribution in [0, 0.1) is 5.82 Å². The van der Waals surface area contributed by atoms with Gasteiger partial charge in [-0.1, -0.05) is 0 Å². The highest BCUT2D eigenvalue weighted by molar-refractivity contribution is 9.10. The molecule has 1 aromatic rings. The molecule has 12 heavy (non-hydrogen) atoms. The molecule has 0 bridgehead atoms. The van der Waals surface area contributed by atoms with Crippen LogP contribution in [-0.2, 0) is 0 Å². The number of anilines is 1. The van der Waals surface area contributed by atoms with Crippen LogP contribution in [-0.4, -0.2) is 0 Å². The lowest BCUT2D eigenvalue weighted by Crippen LogP contribution is -1.95. The highest BCUT2D eigenvalue weighted by Gasteiger charge is 2.12. The molecule has 0 radical (unpaired) electrons. The van der Waals surface area contributed by atoms with Gasteiger partial charge in [-0.2, -0.15) is 0 Å². The molecule has 0 amide bonds. The maximum absolute atomic E-state index is 12.7. The predicted octanol–water partition coefficient (Wildman–Crippen LogP) is 3.11. The van der Waals surface area contributed by atoms with E-state index in [4.69, 9.17) is 5.73 Å². The molecule has 1 rings (SSSR count). The summed E-state index contributed by atoms with van der Waals surface area (Å²) in [6, 6.07) is 1.83. The van der Waals surface area contributed by atoms with E-state index < -0.39 is 12.2 Å². The number of hydrogen-bond acceptors (Lipinski definition) is 1. The van der Waals surface area contributed by atoms with E-state index in [1.807, 2.05) is 0 Å². The minimum atomic E-state index is -2.68. The first-order valence-electron chi connectivity index (χ1n) is 3.05. The number of rotatable bonds is 1. The Morgan fingerprint density at radius 2 is 1.92 bits per heavy atom. The summed E-state index contributed by atoms with van der Waals surface area (Å²) in [4.78, 5) is 0. The van der Waals surface area contributed by atoms with Crippen LogP contribution in [0.5, 0.6) is 0 Å². The number of alkyl halides is 2. The van der Waals surface area contributed by atoms with E-state index in [9.17, 15) is 13.2 Å². The zero-order chi connectivity index (χ0) is 9.30. The summed E-state index contributed by atoms with van der Waals surface area (Å²) in [7, 11) is 0. The van der Waals surface area contributed by atoms with Crippen molar-refractivity contribution in [2.24, 2.45) is 0 Å². The van der Waals surface area contributed by atoms with Crippen molar-refractivity contribution < 1.29 is 13.2 Å². The summed E-state index contributed by atoms with van der Waals surface area (Å²) in [6.07, 6.45) is -2.68. The van der Waals surface area contributed by atoms with Gasteiger partial charge in [0.05, 0.1) is 5.69 Å². The van der Waals surface area contributed by atoms with Crippen molar-refractivity contribution in [3.05, 3.63) is 28.0 Å². The minimum absolute atomic E-state index is 0.151. The summed E-state index contributed by atoms with van der Waals surface area (Å²) >= 11 is 2.87. The van der Waals surface area contributed by atoms with Crippen LogP contribution >= 0.6 is 15.9 Å². The molecule has 5 heteroatoms. The lowest BCUT2D eigenvalue weighted by molar-refractivity contribution is 0.151. The van der Waals surface area contributed by atoms with Crippen LogP contribution < -0.4 is 5.73 Å². The first-order chi connectivity index (χ1) is 5.52. The van der Waals surface area contributed by atoms with Crippen molar-refractivity contribution in [3.8, 4) is 0 Å². The molecule has 0 heterocycles. The molecule has 0 aliphatic rings. The Morgan fingerprint density at radius 1 is 1.33 bits per heavy atom. The molecule has 66 valence electrons. The van der Waals surface area contributed by atoms with Crippen molar-refractivity contribution in [2.75, 3.05) is 5.73 Å². The molecule has 2 N–H and O–H groups in total. The molecule has 1 aromatic carbocycles. The van der Waals surface area contributed by atoms with E-state index in [0.29, 0.717) is 0 Å². The minimum Gasteiger partial charge on any atom is -0.395 e. The molecule has 0 saturated heterocycles. The van der Waals surface area contributed by atoms with Gasteiger partial charge in [0, 0.05) is 10.0 Å². The van der Waals surface area contributed by atoms with E-state index in [1.165, 1.54) is 0 Å². The Hall–Kier alpha value is -0.710. The highest BCUT2D eigenvalue weighted by atomic mass is 79.9. The molecule has 0 fully saturated rings. The van der Waals surface area contributed by atoms with Crippen LogP contribution in [0.1, 0.15) is 12.0 Å². The lowest BCUT2D eigenvalue weighted by atomic mass is 10.2. The molecular weight excluding hydrogens is 235 g/mol. The first kappa shape index (κ1) is 9.38. The van der Waals surface area contributed by atoms with Crippen LogP contribution in [0.15, 0.2) is 16.6 Å². The van der Waals surface area contributed by atoms with Gasteiger partial charge >= 0.3 is 0 Å². The highest BCUT2D eigenvalue weighted by Crippen LogP contribution is 2.28. The Labute approximate surface area is 75.5 Å². The molecule has 0 unspecified atom stereocenters. The van der Waals surface area contributed by atoms with Crippen molar-refractivity contribution in [1.82, 2.24) is 0 Å². The first-order valence-corrected chi connectivity index (χ1v) is 3.84. The number of nitrogen functional groups attached to an aromatic ring is 1. The third-order valence-corrected chi connectivity index (χ3v) is 2.01. The van der Waals surface area contributed by atoms with Gasteiger partial charge in [0.1, 0.15) is 5.82 Å². The van der Waals surface area contributed by atoms with Gasteiger partial charge < -0.3 is 5.73 Å². The third kappa shape index (κ3) is 1.72. The second-order valence-corrected chi connectivity index (χ2v) is 3.05. The van der Waals surface area contributed by atoms with Gasteiger partial charge in [0.2, 0.25) is 0 Å². The molecular formula is C7H5BrF3N. The van der Waals surface area contributed by atoms with E-state index >= 15 is 0 Å². The van der Waals surface area contributed by atoms with Gasteiger partial charge in [-0.15, -0.1) is 0 Å². The number of halogens is 4. The molecule has 0 aliphatic heterocycles. The molecule has 0 aromatic heterocycles. The summed E-state index contributed by atoms with van der Waals surface area (Å²) in [5.74, 6) is -0.834. The number of benzene rings is 1. The summed E-state index contributed by atoms with van der Waals surface area (Å²) in [6.45, 7) is 0. The van der Waals surface area contributed by atoms with Crippen molar-refractivity contribution in [1.29, 1.82) is 0 Å². The van der Waals surface area contributed by atoms with Gasteiger partial charge in [-0.3, -0.25) is 0 Å². The van der Waals surface area contributed by atoms with Gasteiger partial charge in [0.25, 0.3) is 6.43 Å². The molecule has 1 nitrogen and oxygen atoms in total. The lowest BCUT2D eigenvalue weighted by Gasteiger charge is -2.03. The fourth-order valence-electron chi connectivity index (χ4n) is 0.730. The van der Waals surface area contributed by atoms with Crippen LogP contribution in [0.3, 0.4) is 0 Å². The zero-order valence-corrected chi connectivity index (χ0v) is 7.41. The Balaban J connectivity index is 3.21. The molecule has 0 atom stereocenters. The molecule has 0 aliphatic carbocycles. The predicted molar refractivity (Wildman–Crippen MR) is 43.5 cm³/mol. The molecule has 0 spiro atoms. The van der Waals surface area contributed by atoms with Crippen LogP contribution in [0.2, 0.25) is 0 Å². The summed E-state index contributed by atoms with van der Waals surface area (Å²) in [5, 5.41) is 0. The Kier molecular flexibility index (Phi) is 2.62. The summed E-state index contributed by atoms with van der Waals surface area (Å²) < 4.78 is 36.9. The van der Waals surface area contributed by atoms with Crippen molar-refractivity contribution >= 4 is 21.6 Å². The van der Waals surface area contributed by atoms with E-state index in [-0.39, 0.29) is 15.7 Å². The quantitative estimate of drug-likeness (QED) is 0.750. The maximum Gasteiger partial charge on any atom is 0.263 e. The van der Waals surface area contributed by atoms with E-state index in [1.54, 1.807) is 0 Å². The second kappa shape index (κ2) is 3.35. The molecule has 0 saturated carbocycles. The van der Waals surface area contributed by atoms with E-state index in [0.717, 1.165) is 12.1 Å². The zero-order valence-electron chi connectivity index (χ0n) is 5.82. The van der Waals surface area contributed by atoms with E-state index in [2.05, 4.69) is 15.9 Å². The largest absolute Gasteiger partial charge is 0.395 e. The van der Waals surface area contributed by atoms with Crippen molar-refractivity contribution in [2.45, 2.75) is 6.43 Å². The Morgan fingerprint density at radius 3 is 2.33 bits per heavy atom. The van der Waals surface area contributed by atoms with Crippen LogP contribution in [0.25, 0.3) is 0 Å². The van der Waals surface area contributed by atoms with Gasteiger partial charge in [0.15, 0.2) is 0 Å². The fraction of sp³-hybridized carbons (Fsp3) is 0.143. The summed E-state index contributed by atoms with van der Waals surface area (Å²) in [5.41, 5.74) is 4.65. The fourth-order valence-corrected chi connectivity index (χ4v) is 1.18. The number of nitrogens with two attached hydrogens (primary N) is 1. The maximum atomic E-state index is 12.7. The second-order valence-electron chi connectivity index (χ2n) is 2.20. The smallest absolute Gasteiger partial charge is 0.263 e. The average molecular weight is 240 g/mol. The third-order valence-electron chi connectivity index (χ3n) is 1.35. The SMILES string of the molecule is Nc1c(F)cc(C(F)F)cc1Br. The topological polar surface area (TPSA) is 26.0 Å². The Bertz CT molecular complexity index is 278. The van der Waals surface area contributed by atoms with Crippen LogP contribution in [0.4, 0.5) is 18.9 Å². The van der Waals surface area contributed by atoms with Crippen molar-refractivity contribution in [3.63, 3.8) is 0 Å².